The highest BCUT2D eigenvalue weighted by Gasteiger charge is 2.29. The van der Waals surface area contributed by atoms with Crippen LogP contribution in [0.1, 0.15) is 43.0 Å². The summed E-state index contributed by atoms with van der Waals surface area (Å²) in [4.78, 5) is 37.4. The highest BCUT2D eigenvalue weighted by atomic mass is 16.5. The molecule has 1 heterocycles. The van der Waals surface area contributed by atoms with Gasteiger partial charge in [-0.25, -0.2) is 4.79 Å². The smallest absolute Gasteiger partial charge is 0.338 e. The predicted octanol–water partition coefficient (Wildman–Crippen LogP) is 1.88. The van der Waals surface area contributed by atoms with Crippen LogP contribution in [0.25, 0.3) is 0 Å². The molecule has 3 rings (SSSR count). The largest absolute Gasteiger partial charge is 0.452 e. The van der Waals surface area contributed by atoms with Gasteiger partial charge in [0.15, 0.2) is 6.61 Å². The lowest BCUT2D eigenvalue weighted by molar-refractivity contribution is -0.125. The number of nitrogens with zero attached hydrogens (tertiary/aromatic N) is 1. The first-order chi connectivity index (χ1) is 11.5. The second-order valence-electron chi connectivity index (χ2n) is 6.47. The number of carbonyl (C=O) groups excluding carboxylic acids is 3. The van der Waals surface area contributed by atoms with Gasteiger partial charge in [-0.05, 0) is 50.3 Å². The first-order valence-corrected chi connectivity index (χ1v) is 8.41. The van der Waals surface area contributed by atoms with E-state index in [0.29, 0.717) is 30.1 Å². The Hall–Kier alpha value is -2.37. The van der Waals surface area contributed by atoms with E-state index in [1.165, 1.54) is 0 Å². The number of nitrogens with one attached hydrogen (secondary N) is 1. The molecule has 2 amide bonds. The number of benzene rings is 1. The number of rotatable bonds is 6. The van der Waals surface area contributed by atoms with E-state index in [-0.39, 0.29) is 24.5 Å². The van der Waals surface area contributed by atoms with Crippen molar-refractivity contribution in [3.8, 4) is 0 Å². The Balaban J connectivity index is 1.54. The van der Waals surface area contributed by atoms with E-state index in [4.69, 9.17) is 4.74 Å². The lowest BCUT2D eigenvalue weighted by Gasteiger charge is -2.16. The van der Waals surface area contributed by atoms with E-state index in [1.807, 2.05) is 6.92 Å². The molecule has 1 aliphatic heterocycles. The fraction of sp³-hybridized carbons (Fsp3) is 0.500. The van der Waals surface area contributed by atoms with Crippen LogP contribution < -0.4 is 10.2 Å². The Kier molecular flexibility index (Phi) is 4.83. The van der Waals surface area contributed by atoms with E-state index in [1.54, 1.807) is 29.2 Å². The fourth-order valence-electron chi connectivity index (χ4n) is 2.95. The average molecular weight is 330 g/mol. The van der Waals surface area contributed by atoms with Crippen LogP contribution in [0.2, 0.25) is 0 Å². The van der Waals surface area contributed by atoms with Crippen LogP contribution in [0, 0.1) is 5.92 Å². The monoisotopic (exact) mass is 330 g/mol. The van der Waals surface area contributed by atoms with Gasteiger partial charge in [0.2, 0.25) is 5.91 Å². The van der Waals surface area contributed by atoms with Gasteiger partial charge in [0, 0.05) is 24.7 Å². The summed E-state index contributed by atoms with van der Waals surface area (Å²) in [5, 5.41) is 2.84. The van der Waals surface area contributed by atoms with Gasteiger partial charge >= 0.3 is 5.97 Å². The summed E-state index contributed by atoms with van der Waals surface area (Å²) in [5.74, 6) is -0.223. The lowest BCUT2D eigenvalue weighted by Crippen LogP contribution is -2.37. The maximum absolute atomic E-state index is 12.1. The van der Waals surface area contributed by atoms with Crippen molar-refractivity contribution in [3.05, 3.63) is 29.8 Å². The molecule has 1 atom stereocenters. The SMILES string of the molecule is C[C@H](NC(=O)COC(=O)c1cccc(N2CCCC2=O)c1)C1CC1. The maximum atomic E-state index is 12.1. The van der Waals surface area contributed by atoms with E-state index in [9.17, 15) is 14.4 Å². The highest BCUT2D eigenvalue weighted by molar-refractivity contribution is 5.97. The number of carbonyl (C=O) groups is 3. The molecular formula is C18H22N2O4. The highest BCUT2D eigenvalue weighted by Crippen LogP contribution is 2.32. The molecular weight excluding hydrogens is 308 g/mol. The molecule has 1 N–H and O–H groups in total. The van der Waals surface area contributed by atoms with Crippen LogP contribution in [-0.2, 0) is 14.3 Å². The molecule has 2 aliphatic rings. The minimum atomic E-state index is -0.558. The van der Waals surface area contributed by atoms with Gasteiger partial charge in [-0.1, -0.05) is 6.07 Å². The number of ether oxygens (including phenoxy) is 1. The molecule has 0 spiro atoms. The number of hydrogen-bond acceptors (Lipinski definition) is 4. The molecule has 2 fully saturated rings. The topological polar surface area (TPSA) is 75.7 Å². The zero-order valence-corrected chi connectivity index (χ0v) is 13.8. The van der Waals surface area contributed by atoms with Crippen molar-refractivity contribution in [1.29, 1.82) is 0 Å². The van der Waals surface area contributed by atoms with Crippen LogP contribution in [0.5, 0.6) is 0 Å². The zero-order chi connectivity index (χ0) is 17.1. The van der Waals surface area contributed by atoms with Crippen LogP contribution in [0.4, 0.5) is 5.69 Å². The molecule has 1 saturated heterocycles. The molecule has 6 nitrogen and oxygen atoms in total. The lowest BCUT2D eigenvalue weighted by atomic mass is 10.2. The van der Waals surface area contributed by atoms with Crippen molar-refractivity contribution < 1.29 is 19.1 Å². The Bertz CT molecular complexity index is 654. The van der Waals surface area contributed by atoms with Crippen LogP contribution in [0.15, 0.2) is 24.3 Å². The summed E-state index contributed by atoms with van der Waals surface area (Å²) in [6.45, 7) is 2.34. The van der Waals surface area contributed by atoms with Crippen molar-refractivity contribution in [2.75, 3.05) is 18.1 Å². The molecule has 0 aromatic heterocycles. The van der Waals surface area contributed by atoms with Gasteiger partial charge in [-0.15, -0.1) is 0 Å². The first-order valence-electron chi connectivity index (χ1n) is 8.41. The Morgan fingerprint density at radius 1 is 1.38 bits per heavy atom. The van der Waals surface area contributed by atoms with E-state index in [0.717, 1.165) is 19.3 Å². The van der Waals surface area contributed by atoms with Crippen molar-refractivity contribution in [1.82, 2.24) is 5.32 Å². The van der Waals surface area contributed by atoms with Gasteiger partial charge < -0.3 is 15.0 Å². The summed E-state index contributed by atoms with van der Waals surface area (Å²) in [6, 6.07) is 6.89. The molecule has 0 bridgehead atoms. The molecule has 128 valence electrons. The van der Waals surface area contributed by atoms with Crippen molar-refractivity contribution in [2.45, 2.75) is 38.6 Å². The molecule has 0 unspecified atom stereocenters. The maximum Gasteiger partial charge on any atom is 0.338 e. The molecule has 0 radical (unpaired) electrons. The quantitative estimate of drug-likeness (QED) is 0.808. The van der Waals surface area contributed by atoms with E-state index < -0.39 is 5.97 Å². The zero-order valence-electron chi connectivity index (χ0n) is 13.8. The van der Waals surface area contributed by atoms with Crippen molar-refractivity contribution in [3.63, 3.8) is 0 Å². The van der Waals surface area contributed by atoms with Gasteiger partial charge in [-0.2, -0.15) is 0 Å². The minimum Gasteiger partial charge on any atom is -0.452 e. The third-order valence-electron chi connectivity index (χ3n) is 4.52. The van der Waals surface area contributed by atoms with Gasteiger partial charge in [-0.3, -0.25) is 9.59 Å². The average Bonchev–Trinajstić information content (AvgIpc) is 3.34. The first kappa shape index (κ1) is 16.5. The normalized spacial score (nSPS) is 18.4. The second-order valence-corrected chi connectivity index (χ2v) is 6.47. The van der Waals surface area contributed by atoms with Crippen molar-refractivity contribution >= 4 is 23.5 Å². The van der Waals surface area contributed by atoms with Crippen LogP contribution in [-0.4, -0.2) is 37.0 Å². The summed E-state index contributed by atoms with van der Waals surface area (Å²) in [6.07, 6.45) is 3.65. The standard InChI is InChI=1S/C18H22N2O4/c1-12(13-7-8-13)19-16(21)11-24-18(23)14-4-2-5-15(10-14)20-9-3-6-17(20)22/h2,4-5,10,12-13H,3,6-9,11H2,1H3,(H,19,21)/t12-/m0/s1. The summed E-state index contributed by atoms with van der Waals surface area (Å²) >= 11 is 0. The molecule has 6 heteroatoms. The third kappa shape index (κ3) is 3.93. The van der Waals surface area contributed by atoms with Gasteiger partial charge in [0.05, 0.1) is 5.56 Å². The number of anilines is 1. The number of amides is 2. The summed E-state index contributed by atoms with van der Waals surface area (Å²) < 4.78 is 5.08. The van der Waals surface area contributed by atoms with E-state index in [2.05, 4.69) is 5.32 Å². The van der Waals surface area contributed by atoms with Gasteiger partial charge in [0.1, 0.15) is 0 Å². The summed E-state index contributed by atoms with van der Waals surface area (Å²) in [5.41, 5.74) is 1.04. The van der Waals surface area contributed by atoms with Gasteiger partial charge in [0.25, 0.3) is 5.91 Å². The number of esters is 1. The molecule has 24 heavy (non-hydrogen) atoms. The van der Waals surface area contributed by atoms with Crippen LogP contribution >= 0.6 is 0 Å². The molecule has 1 aromatic carbocycles. The Morgan fingerprint density at radius 3 is 2.83 bits per heavy atom. The third-order valence-corrected chi connectivity index (χ3v) is 4.52. The number of hydrogen-bond donors (Lipinski definition) is 1. The Morgan fingerprint density at radius 2 is 2.17 bits per heavy atom. The minimum absolute atomic E-state index is 0.0639. The summed E-state index contributed by atoms with van der Waals surface area (Å²) in [7, 11) is 0. The Labute approximate surface area is 141 Å². The van der Waals surface area contributed by atoms with E-state index >= 15 is 0 Å². The fourth-order valence-corrected chi connectivity index (χ4v) is 2.95. The van der Waals surface area contributed by atoms with Crippen LogP contribution in [0.3, 0.4) is 0 Å². The molecule has 1 aromatic rings. The molecule has 1 aliphatic carbocycles. The predicted molar refractivity (Wildman–Crippen MR) is 88.6 cm³/mol. The molecule has 1 saturated carbocycles. The van der Waals surface area contributed by atoms with Crippen molar-refractivity contribution in [2.24, 2.45) is 5.92 Å². The second kappa shape index (κ2) is 7.03.